The number of amides is 1. The van der Waals surface area contributed by atoms with Crippen molar-refractivity contribution in [3.8, 4) is 0 Å². The summed E-state index contributed by atoms with van der Waals surface area (Å²) in [6.45, 7) is 9.99. The average molecular weight is 378 g/mol. The molecule has 7 nitrogen and oxygen atoms in total. The number of halogens is 1. The van der Waals surface area contributed by atoms with Crippen molar-refractivity contribution in [2.24, 2.45) is 4.99 Å². The van der Waals surface area contributed by atoms with Crippen molar-refractivity contribution < 1.29 is 9.18 Å². The Balaban J connectivity index is 1.88. The summed E-state index contributed by atoms with van der Waals surface area (Å²) < 4.78 is 13.9. The second-order valence-corrected chi connectivity index (χ2v) is 6.46. The third-order valence-electron chi connectivity index (χ3n) is 4.62. The summed E-state index contributed by atoms with van der Waals surface area (Å²) in [6, 6.07) is 3.18. The number of anilines is 1. The highest BCUT2D eigenvalue weighted by molar-refractivity contribution is 5.81. The molecule has 1 aliphatic rings. The zero-order valence-corrected chi connectivity index (χ0v) is 16.5. The van der Waals surface area contributed by atoms with E-state index < -0.39 is 0 Å². The fourth-order valence-corrected chi connectivity index (χ4v) is 3.19. The summed E-state index contributed by atoms with van der Waals surface area (Å²) in [5, 5.41) is 6.60. The van der Waals surface area contributed by atoms with E-state index in [0.29, 0.717) is 31.3 Å². The van der Waals surface area contributed by atoms with E-state index in [1.165, 1.54) is 6.07 Å². The van der Waals surface area contributed by atoms with Gasteiger partial charge in [0.2, 0.25) is 5.91 Å². The van der Waals surface area contributed by atoms with Gasteiger partial charge in [0.05, 0.1) is 6.54 Å². The fourth-order valence-electron chi connectivity index (χ4n) is 3.19. The number of aliphatic imine (C=N–C) groups is 1. The van der Waals surface area contributed by atoms with E-state index in [1.807, 2.05) is 30.6 Å². The molecule has 1 aliphatic heterocycles. The van der Waals surface area contributed by atoms with Gasteiger partial charge in [0.25, 0.3) is 0 Å². The summed E-state index contributed by atoms with van der Waals surface area (Å²) in [5.74, 6) is 0.914. The van der Waals surface area contributed by atoms with Gasteiger partial charge in [-0.3, -0.25) is 9.79 Å². The summed E-state index contributed by atoms with van der Waals surface area (Å²) in [5.41, 5.74) is 0. The van der Waals surface area contributed by atoms with Gasteiger partial charge in [-0.1, -0.05) is 0 Å². The second kappa shape index (κ2) is 10.7. The number of rotatable bonds is 8. The van der Waals surface area contributed by atoms with E-state index in [9.17, 15) is 9.18 Å². The van der Waals surface area contributed by atoms with Crippen molar-refractivity contribution in [3.05, 3.63) is 24.1 Å². The number of carbonyl (C=O) groups excluding carboxylic acids is 1. The van der Waals surface area contributed by atoms with Crippen LogP contribution >= 0.6 is 0 Å². The lowest BCUT2D eigenvalue weighted by Crippen LogP contribution is -2.45. The third-order valence-corrected chi connectivity index (χ3v) is 4.62. The van der Waals surface area contributed by atoms with Crippen LogP contribution in [0.2, 0.25) is 0 Å². The predicted molar refractivity (Wildman–Crippen MR) is 106 cm³/mol. The SMILES string of the molecule is CCNC(=NCCC(=O)N(CC)CC)NC1CCN(c2ncccc2F)C1. The minimum absolute atomic E-state index is 0.122. The number of guanidine groups is 1. The molecule has 1 unspecified atom stereocenters. The molecule has 1 atom stereocenters. The topological polar surface area (TPSA) is 72.9 Å². The lowest BCUT2D eigenvalue weighted by atomic mass is 10.3. The molecule has 150 valence electrons. The molecule has 0 saturated carbocycles. The molecule has 1 fully saturated rings. The fraction of sp³-hybridized carbons (Fsp3) is 0.632. The Morgan fingerprint density at radius 3 is 2.85 bits per heavy atom. The maximum atomic E-state index is 13.9. The Morgan fingerprint density at radius 1 is 1.41 bits per heavy atom. The molecule has 27 heavy (non-hydrogen) atoms. The quantitative estimate of drug-likeness (QED) is 0.531. The summed E-state index contributed by atoms with van der Waals surface area (Å²) >= 11 is 0. The van der Waals surface area contributed by atoms with E-state index in [0.717, 1.165) is 32.6 Å². The Kier molecular flexibility index (Phi) is 8.29. The maximum absolute atomic E-state index is 13.9. The van der Waals surface area contributed by atoms with Gasteiger partial charge >= 0.3 is 0 Å². The first kappa shape index (κ1) is 20.9. The van der Waals surface area contributed by atoms with Crippen molar-refractivity contribution in [1.29, 1.82) is 0 Å². The molecule has 1 aromatic heterocycles. The highest BCUT2D eigenvalue weighted by Gasteiger charge is 2.25. The monoisotopic (exact) mass is 378 g/mol. The number of nitrogens with one attached hydrogen (secondary N) is 2. The van der Waals surface area contributed by atoms with E-state index in [4.69, 9.17) is 0 Å². The van der Waals surface area contributed by atoms with Crippen LogP contribution in [-0.4, -0.2) is 67.1 Å². The standard InChI is InChI=1S/C19H31FN6O/c1-4-21-19(23-12-9-17(27)25(5-2)6-3)24-15-10-13-26(14-15)18-16(20)8-7-11-22-18/h7-8,11,15H,4-6,9-10,12-14H2,1-3H3,(H2,21,23,24). The number of hydrogen-bond donors (Lipinski definition) is 2. The largest absolute Gasteiger partial charge is 0.357 e. The number of carbonyl (C=O) groups is 1. The smallest absolute Gasteiger partial charge is 0.224 e. The molecule has 2 heterocycles. The van der Waals surface area contributed by atoms with E-state index in [-0.39, 0.29) is 17.8 Å². The van der Waals surface area contributed by atoms with E-state index in [1.54, 1.807) is 12.3 Å². The van der Waals surface area contributed by atoms with Gasteiger partial charge in [0.1, 0.15) is 0 Å². The number of hydrogen-bond acceptors (Lipinski definition) is 4. The molecule has 1 saturated heterocycles. The molecular weight excluding hydrogens is 347 g/mol. The average Bonchev–Trinajstić information content (AvgIpc) is 3.11. The van der Waals surface area contributed by atoms with Gasteiger partial charge in [0, 0.05) is 51.4 Å². The molecule has 0 aromatic carbocycles. The Labute approximate surface area is 161 Å². The number of aromatic nitrogens is 1. The molecule has 1 amide bonds. The lowest BCUT2D eigenvalue weighted by Gasteiger charge is -2.20. The molecule has 0 radical (unpaired) electrons. The molecule has 0 bridgehead atoms. The van der Waals surface area contributed by atoms with Gasteiger partial charge in [0.15, 0.2) is 17.6 Å². The number of nitrogens with zero attached hydrogens (tertiary/aromatic N) is 4. The number of pyridine rings is 1. The van der Waals surface area contributed by atoms with Crippen LogP contribution in [0.25, 0.3) is 0 Å². The Bertz CT molecular complexity index is 634. The van der Waals surface area contributed by atoms with Crippen molar-refractivity contribution >= 4 is 17.7 Å². The minimum Gasteiger partial charge on any atom is -0.357 e. The van der Waals surface area contributed by atoms with E-state index in [2.05, 4.69) is 20.6 Å². The highest BCUT2D eigenvalue weighted by Crippen LogP contribution is 2.20. The second-order valence-electron chi connectivity index (χ2n) is 6.46. The molecule has 0 aliphatic carbocycles. The molecule has 1 aromatic rings. The first-order valence-corrected chi connectivity index (χ1v) is 9.77. The van der Waals surface area contributed by atoms with Crippen molar-refractivity contribution in [1.82, 2.24) is 20.5 Å². The van der Waals surface area contributed by atoms with Crippen LogP contribution in [0.1, 0.15) is 33.6 Å². The van der Waals surface area contributed by atoms with Crippen LogP contribution in [0, 0.1) is 5.82 Å². The van der Waals surface area contributed by atoms with Gasteiger partial charge < -0.3 is 20.4 Å². The van der Waals surface area contributed by atoms with Crippen molar-refractivity contribution in [2.45, 2.75) is 39.7 Å². The maximum Gasteiger partial charge on any atom is 0.224 e. The van der Waals surface area contributed by atoms with Gasteiger partial charge in [-0.05, 0) is 39.3 Å². The van der Waals surface area contributed by atoms with Gasteiger partial charge in [-0.2, -0.15) is 0 Å². The summed E-state index contributed by atoms with van der Waals surface area (Å²) in [4.78, 5) is 24.5. The Hall–Kier alpha value is -2.38. The normalized spacial score (nSPS) is 17.1. The first-order valence-electron chi connectivity index (χ1n) is 9.77. The van der Waals surface area contributed by atoms with Crippen LogP contribution < -0.4 is 15.5 Å². The first-order chi connectivity index (χ1) is 13.1. The zero-order valence-electron chi connectivity index (χ0n) is 16.5. The van der Waals surface area contributed by atoms with Crippen LogP contribution in [0.4, 0.5) is 10.2 Å². The van der Waals surface area contributed by atoms with Crippen LogP contribution in [0.15, 0.2) is 23.3 Å². The molecule has 0 spiro atoms. The third kappa shape index (κ3) is 6.08. The van der Waals surface area contributed by atoms with Gasteiger partial charge in [-0.15, -0.1) is 0 Å². The molecular formula is C19H31FN6O. The predicted octanol–water partition coefficient (Wildman–Crippen LogP) is 1.61. The van der Waals surface area contributed by atoms with Gasteiger partial charge in [-0.25, -0.2) is 9.37 Å². The lowest BCUT2D eigenvalue weighted by molar-refractivity contribution is -0.130. The van der Waals surface area contributed by atoms with Crippen LogP contribution in [0.3, 0.4) is 0 Å². The van der Waals surface area contributed by atoms with E-state index >= 15 is 0 Å². The minimum atomic E-state index is -0.298. The van der Waals surface area contributed by atoms with Crippen molar-refractivity contribution in [3.63, 3.8) is 0 Å². The summed E-state index contributed by atoms with van der Waals surface area (Å²) in [6.07, 6.45) is 2.88. The zero-order chi connectivity index (χ0) is 19.6. The molecule has 8 heteroatoms. The van der Waals surface area contributed by atoms with Crippen LogP contribution in [-0.2, 0) is 4.79 Å². The molecule has 2 N–H and O–H groups in total. The summed E-state index contributed by atoms with van der Waals surface area (Å²) in [7, 11) is 0. The van der Waals surface area contributed by atoms with Crippen molar-refractivity contribution in [2.75, 3.05) is 44.2 Å². The van der Waals surface area contributed by atoms with Crippen LogP contribution in [0.5, 0.6) is 0 Å². The molecule has 2 rings (SSSR count). The Morgan fingerprint density at radius 2 is 2.19 bits per heavy atom. The highest BCUT2D eigenvalue weighted by atomic mass is 19.1.